The predicted octanol–water partition coefficient (Wildman–Crippen LogP) is 7.65. The molecule has 12 nitrogen and oxygen atoms in total. The van der Waals surface area contributed by atoms with E-state index in [1.807, 2.05) is 96.0 Å². The topological polar surface area (TPSA) is 173 Å². The van der Waals surface area contributed by atoms with Gasteiger partial charge in [0.15, 0.2) is 31.2 Å². The molecule has 0 fully saturated rings. The fraction of sp³-hybridized carbons (Fsp3) is 0.465. The molecule has 1 amide bonds. The molecule has 0 heterocycles. The molecule has 0 radical (unpaired) electrons. The summed E-state index contributed by atoms with van der Waals surface area (Å²) in [5, 5.41) is 5.37. The van der Waals surface area contributed by atoms with Crippen molar-refractivity contribution in [2.75, 3.05) is 49.5 Å². The van der Waals surface area contributed by atoms with Gasteiger partial charge < -0.3 is 25.6 Å². The second-order valence-electron chi connectivity index (χ2n) is 16.6. The largest absolute Gasteiger partial charge is 0.444 e. The average Bonchev–Trinajstić information content (AvgIpc) is 3.08. The minimum absolute atomic E-state index is 0. The highest BCUT2D eigenvalue weighted by atomic mass is 35.5. The maximum Gasteiger partial charge on any atom is 0.408 e. The number of carbonyl (C=O) groups is 3. The van der Waals surface area contributed by atoms with E-state index in [1.165, 1.54) is 6.07 Å². The first kappa shape index (κ1) is 53.1. The van der Waals surface area contributed by atoms with Gasteiger partial charge in [-0.25, -0.2) is 21.6 Å². The van der Waals surface area contributed by atoms with Crippen molar-refractivity contribution >= 4 is 95.1 Å². The molecule has 16 heteroatoms. The summed E-state index contributed by atoms with van der Waals surface area (Å²) in [6, 6.07) is 19.5. The fourth-order valence-corrected chi connectivity index (χ4v) is 9.49. The zero-order chi connectivity index (χ0) is 43.0. The zero-order valence-electron chi connectivity index (χ0n) is 35.9. The Kier molecular flexibility index (Phi) is 19.8. The number of alkyl carbamates (subject to hydrolysis) is 1. The third-order valence-electron chi connectivity index (χ3n) is 8.94. The second-order valence-corrected chi connectivity index (χ2v) is 20.5. The van der Waals surface area contributed by atoms with Crippen LogP contribution in [-0.4, -0.2) is 91.9 Å². The number of nitrogens with two attached hydrogens (primary N) is 1. The van der Waals surface area contributed by atoms with E-state index in [2.05, 4.69) is 5.32 Å². The van der Waals surface area contributed by atoms with Crippen LogP contribution in [0.25, 0.3) is 21.5 Å². The summed E-state index contributed by atoms with van der Waals surface area (Å²) in [5.74, 6) is -1.96. The monoisotopic (exact) mass is 896 g/mol. The summed E-state index contributed by atoms with van der Waals surface area (Å²) < 4.78 is 57.5. The Bertz CT molecular complexity index is 2290. The Morgan fingerprint density at radius 2 is 1.00 bits per heavy atom. The molecule has 0 spiro atoms. The minimum Gasteiger partial charge on any atom is -0.444 e. The van der Waals surface area contributed by atoms with Crippen molar-refractivity contribution in [3.63, 3.8) is 0 Å². The highest BCUT2D eigenvalue weighted by Gasteiger charge is 2.31. The Morgan fingerprint density at radius 1 is 0.627 bits per heavy atom. The smallest absolute Gasteiger partial charge is 0.408 e. The van der Waals surface area contributed by atoms with Gasteiger partial charge >= 0.3 is 6.09 Å². The van der Waals surface area contributed by atoms with Crippen LogP contribution in [0.1, 0.15) is 61.3 Å². The van der Waals surface area contributed by atoms with Gasteiger partial charge in [0, 0.05) is 61.1 Å². The van der Waals surface area contributed by atoms with Crippen LogP contribution in [0, 0.1) is 11.8 Å². The lowest BCUT2D eigenvalue weighted by molar-refractivity contribution is -0.119. The zero-order valence-corrected chi connectivity index (χ0v) is 39.2. The molecule has 4 aromatic rings. The quantitative estimate of drug-likeness (QED) is 0.120. The predicted molar refractivity (Wildman–Crippen MR) is 245 cm³/mol. The molecule has 0 aliphatic carbocycles. The van der Waals surface area contributed by atoms with Crippen molar-refractivity contribution < 1.29 is 36.0 Å². The molecule has 0 unspecified atom stereocenters. The van der Waals surface area contributed by atoms with Crippen LogP contribution in [0.4, 0.5) is 16.2 Å². The van der Waals surface area contributed by atoms with Crippen LogP contribution in [0.3, 0.4) is 0 Å². The lowest BCUT2D eigenvalue weighted by Gasteiger charge is -2.24. The molecular formula is C43H62Cl2N4O8S2. The summed E-state index contributed by atoms with van der Waals surface area (Å²) in [7, 11) is -0.109. The van der Waals surface area contributed by atoms with Gasteiger partial charge in [-0.15, -0.1) is 24.8 Å². The van der Waals surface area contributed by atoms with Gasteiger partial charge in [0.2, 0.25) is 0 Å². The molecule has 4 aromatic carbocycles. The first-order valence-electron chi connectivity index (χ1n) is 19.0. The van der Waals surface area contributed by atoms with Crippen molar-refractivity contribution in [2.24, 2.45) is 17.6 Å². The molecule has 0 saturated heterocycles. The van der Waals surface area contributed by atoms with Gasteiger partial charge in [0.1, 0.15) is 17.1 Å². The third kappa shape index (κ3) is 14.9. The molecule has 0 aliphatic rings. The number of Topliss-reactive ketones (excluding diaryl/α,β-unsaturated/α-hetero) is 2. The van der Waals surface area contributed by atoms with Gasteiger partial charge in [-0.05, 0) is 69.7 Å². The molecular weight excluding hydrogens is 836 g/mol. The lowest BCUT2D eigenvalue weighted by Crippen LogP contribution is -2.46. The van der Waals surface area contributed by atoms with E-state index in [1.54, 1.807) is 57.2 Å². The van der Waals surface area contributed by atoms with Crippen LogP contribution in [0.5, 0.6) is 0 Å². The number of ketones is 2. The molecule has 328 valence electrons. The molecule has 0 bridgehead atoms. The standard InChI is InChI=1S/C24H34N2O5S.C19H26N2O3S.2ClH/c1-16(2)14-19(25-23(28)31-24(3,4)5)21(27)15-32(29,30)22-13-9-10-17-18(22)11-8-12-20(17)26(6)7;1-13(2)11-16(20)18(22)12-25(23,24)19-10-6-7-14-15(19)8-5-9-17(14)21(3)4;;/h8-13,16,19H,14-15H2,1-7H3,(H,25,28);5-10,13,16H,11-12,20H2,1-4H3;2*1H/t19-;16-;;/m00../s1. The van der Waals surface area contributed by atoms with Crippen LogP contribution < -0.4 is 20.9 Å². The van der Waals surface area contributed by atoms with Crippen LogP contribution in [0.2, 0.25) is 0 Å². The summed E-state index contributed by atoms with van der Waals surface area (Å²) in [6.45, 7) is 12.9. The number of hydrogen-bond donors (Lipinski definition) is 2. The molecule has 0 saturated carbocycles. The Balaban J connectivity index is 0.000000586. The average molecular weight is 898 g/mol. The number of nitrogens with one attached hydrogen (secondary N) is 1. The third-order valence-corrected chi connectivity index (χ3v) is 12.3. The summed E-state index contributed by atoms with van der Waals surface area (Å²) in [4.78, 5) is 41.6. The fourth-order valence-electron chi connectivity index (χ4n) is 6.42. The van der Waals surface area contributed by atoms with Gasteiger partial charge in [0.05, 0.1) is 21.9 Å². The normalized spacial score (nSPS) is 12.7. The Labute approximate surface area is 363 Å². The Hall–Kier alpha value is -3.95. The first-order valence-corrected chi connectivity index (χ1v) is 22.3. The number of fused-ring (bicyclic) bond motifs is 2. The van der Waals surface area contributed by atoms with E-state index < -0.39 is 66.5 Å². The van der Waals surface area contributed by atoms with Crippen molar-refractivity contribution in [3.05, 3.63) is 72.8 Å². The van der Waals surface area contributed by atoms with E-state index in [9.17, 15) is 31.2 Å². The first-order chi connectivity index (χ1) is 26.3. The van der Waals surface area contributed by atoms with Crippen LogP contribution >= 0.6 is 24.8 Å². The Morgan fingerprint density at radius 3 is 1.37 bits per heavy atom. The summed E-state index contributed by atoms with van der Waals surface area (Å²) in [6.07, 6.45) is 0.0532. The summed E-state index contributed by atoms with van der Waals surface area (Å²) in [5.41, 5.74) is 6.94. The maximum absolute atomic E-state index is 13.3. The number of amides is 1. The number of benzene rings is 4. The van der Waals surface area contributed by atoms with Gasteiger partial charge in [-0.1, -0.05) is 76.2 Å². The number of nitrogens with zero attached hydrogens (tertiary/aromatic N) is 2. The van der Waals surface area contributed by atoms with Crippen molar-refractivity contribution in [1.82, 2.24) is 5.32 Å². The number of anilines is 2. The molecule has 0 aromatic heterocycles. The second kappa shape index (κ2) is 22.1. The van der Waals surface area contributed by atoms with Gasteiger partial charge in [-0.2, -0.15) is 0 Å². The number of carbonyl (C=O) groups excluding carboxylic acids is 3. The number of rotatable bonds is 15. The van der Waals surface area contributed by atoms with Gasteiger partial charge in [0.25, 0.3) is 0 Å². The molecule has 4 rings (SSSR count). The van der Waals surface area contributed by atoms with E-state index in [0.717, 1.165) is 22.1 Å². The lowest BCUT2D eigenvalue weighted by atomic mass is 10.0. The number of halogens is 2. The van der Waals surface area contributed by atoms with Crippen molar-refractivity contribution in [1.29, 1.82) is 0 Å². The number of ether oxygens (including phenoxy) is 1. The van der Waals surface area contributed by atoms with Crippen LogP contribution in [-0.2, 0) is 34.0 Å². The maximum atomic E-state index is 13.3. The number of hydrogen-bond acceptors (Lipinski definition) is 11. The van der Waals surface area contributed by atoms with Crippen molar-refractivity contribution in [2.45, 2.75) is 88.8 Å². The molecule has 3 N–H and O–H groups in total. The van der Waals surface area contributed by atoms with E-state index in [-0.39, 0.29) is 46.4 Å². The minimum atomic E-state index is -3.94. The summed E-state index contributed by atoms with van der Waals surface area (Å²) >= 11 is 0. The van der Waals surface area contributed by atoms with Crippen molar-refractivity contribution in [3.8, 4) is 0 Å². The van der Waals surface area contributed by atoms with E-state index in [0.29, 0.717) is 23.6 Å². The van der Waals surface area contributed by atoms with E-state index >= 15 is 0 Å². The SMILES string of the molecule is CC(C)C[C@H](N)C(=O)CS(=O)(=O)c1cccc2c(N(C)C)cccc12.CC(C)C[C@H](NC(=O)OC(C)(C)C)C(=O)CS(=O)(=O)c1cccc2c(N(C)C)cccc12.Cl.Cl. The van der Waals surface area contributed by atoms with Crippen LogP contribution in [0.15, 0.2) is 82.6 Å². The highest BCUT2D eigenvalue weighted by Crippen LogP contribution is 2.32. The van der Waals surface area contributed by atoms with E-state index in [4.69, 9.17) is 10.5 Å². The molecule has 0 aliphatic heterocycles. The molecule has 59 heavy (non-hydrogen) atoms. The van der Waals surface area contributed by atoms with Gasteiger partial charge in [-0.3, -0.25) is 9.59 Å². The highest BCUT2D eigenvalue weighted by molar-refractivity contribution is 7.92. The molecule has 2 atom stereocenters. The number of sulfone groups is 2.